The zero-order valence-electron chi connectivity index (χ0n) is 11.2. The predicted octanol–water partition coefficient (Wildman–Crippen LogP) is 3.59. The average Bonchev–Trinajstić information content (AvgIpc) is 3.14. The van der Waals surface area contributed by atoms with Crippen molar-refractivity contribution in [1.82, 2.24) is 19.5 Å². The Kier molecular flexibility index (Phi) is 3.27. The van der Waals surface area contributed by atoms with Gasteiger partial charge < -0.3 is 4.57 Å². The predicted molar refractivity (Wildman–Crippen MR) is 75.3 cm³/mol. The van der Waals surface area contributed by atoms with E-state index < -0.39 is 0 Å². The molecule has 0 aromatic carbocycles. The van der Waals surface area contributed by atoms with Crippen molar-refractivity contribution < 1.29 is 0 Å². The van der Waals surface area contributed by atoms with Gasteiger partial charge in [-0.3, -0.25) is 0 Å². The third-order valence-electron chi connectivity index (χ3n) is 3.44. The highest BCUT2D eigenvalue weighted by Gasteiger charge is 2.28. The number of hydrogen-bond acceptors (Lipinski definition) is 3. The Balaban J connectivity index is 2.09. The molecule has 0 amide bonds. The van der Waals surface area contributed by atoms with E-state index >= 15 is 0 Å². The fourth-order valence-corrected chi connectivity index (χ4v) is 2.37. The molecule has 5 heteroatoms. The van der Waals surface area contributed by atoms with Crippen LogP contribution in [0, 0.1) is 6.92 Å². The topological polar surface area (TPSA) is 43.6 Å². The molecule has 0 atom stereocenters. The summed E-state index contributed by atoms with van der Waals surface area (Å²) in [4.78, 5) is 13.5. The van der Waals surface area contributed by atoms with Gasteiger partial charge in [0.1, 0.15) is 16.7 Å². The monoisotopic (exact) mass is 276 g/mol. The van der Waals surface area contributed by atoms with Crippen LogP contribution >= 0.6 is 11.6 Å². The summed E-state index contributed by atoms with van der Waals surface area (Å²) in [5.74, 6) is 2.26. The second-order valence-electron chi connectivity index (χ2n) is 5.06. The second-order valence-corrected chi connectivity index (χ2v) is 5.42. The van der Waals surface area contributed by atoms with E-state index in [4.69, 9.17) is 16.6 Å². The maximum absolute atomic E-state index is 6.25. The molecular formula is C14H17ClN4. The Morgan fingerprint density at radius 1 is 1.37 bits per heavy atom. The van der Waals surface area contributed by atoms with Crippen LogP contribution in [-0.2, 0) is 6.54 Å². The van der Waals surface area contributed by atoms with Crippen LogP contribution in [0.3, 0.4) is 0 Å². The molecule has 100 valence electrons. The summed E-state index contributed by atoms with van der Waals surface area (Å²) in [6, 6.07) is 0. The minimum absolute atomic E-state index is 0.492. The van der Waals surface area contributed by atoms with Crippen molar-refractivity contribution in [2.24, 2.45) is 0 Å². The van der Waals surface area contributed by atoms with E-state index in [9.17, 15) is 0 Å². The zero-order chi connectivity index (χ0) is 13.4. The van der Waals surface area contributed by atoms with Gasteiger partial charge in [-0.1, -0.05) is 18.5 Å². The first kappa shape index (κ1) is 12.6. The number of hydrogen-bond donors (Lipinski definition) is 0. The lowest BCUT2D eigenvalue weighted by atomic mass is 10.2. The standard InChI is InChI=1S/C14H17ClN4/c1-3-7-19-8-6-16-14(19)11-9(2)12(15)18-13(17-11)10-4-5-10/h6,8,10H,3-5,7H2,1-2H3. The first-order chi connectivity index (χ1) is 9.20. The summed E-state index contributed by atoms with van der Waals surface area (Å²) in [7, 11) is 0. The molecule has 3 rings (SSSR count). The maximum Gasteiger partial charge on any atom is 0.159 e. The molecule has 1 aliphatic carbocycles. The van der Waals surface area contributed by atoms with Gasteiger partial charge in [0, 0.05) is 30.4 Å². The van der Waals surface area contributed by atoms with E-state index in [0.29, 0.717) is 11.1 Å². The van der Waals surface area contributed by atoms with E-state index in [0.717, 1.165) is 35.9 Å². The molecule has 4 nitrogen and oxygen atoms in total. The van der Waals surface area contributed by atoms with Gasteiger partial charge in [-0.25, -0.2) is 15.0 Å². The summed E-state index contributed by atoms with van der Waals surface area (Å²) in [5.41, 5.74) is 1.79. The van der Waals surface area contributed by atoms with Crippen molar-refractivity contribution in [3.8, 4) is 11.5 Å². The van der Waals surface area contributed by atoms with Crippen LogP contribution in [0.1, 0.15) is 43.5 Å². The molecule has 0 bridgehead atoms. The third kappa shape index (κ3) is 2.37. The highest BCUT2D eigenvalue weighted by atomic mass is 35.5. The van der Waals surface area contributed by atoms with Crippen LogP contribution in [0.25, 0.3) is 11.5 Å². The van der Waals surface area contributed by atoms with Gasteiger partial charge in [0.2, 0.25) is 0 Å². The molecule has 0 aliphatic heterocycles. The van der Waals surface area contributed by atoms with Crippen molar-refractivity contribution in [3.05, 3.63) is 28.9 Å². The van der Waals surface area contributed by atoms with Gasteiger partial charge in [0.05, 0.1) is 0 Å². The van der Waals surface area contributed by atoms with E-state index in [-0.39, 0.29) is 0 Å². The van der Waals surface area contributed by atoms with Gasteiger partial charge in [-0.05, 0) is 26.2 Å². The molecule has 1 fully saturated rings. The quantitative estimate of drug-likeness (QED) is 0.802. The Morgan fingerprint density at radius 3 is 2.84 bits per heavy atom. The third-order valence-corrected chi connectivity index (χ3v) is 3.81. The number of halogens is 1. The van der Waals surface area contributed by atoms with E-state index in [1.54, 1.807) is 0 Å². The van der Waals surface area contributed by atoms with Gasteiger partial charge in [0.15, 0.2) is 5.82 Å². The Hall–Kier alpha value is -1.42. The fraction of sp³-hybridized carbons (Fsp3) is 0.500. The van der Waals surface area contributed by atoms with Gasteiger partial charge in [0.25, 0.3) is 0 Å². The molecule has 2 heterocycles. The van der Waals surface area contributed by atoms with Gasteiger partial charge >= 0.3 is 0 Å². The van der Waals surface area contributed by atoms with E-state index in [1.807, 2.05) is 19.3 Å². The Bertz CT molecular complexity index is 601. The number of aryl methyl sites for hydroxylation is 1. The molecule has 2 aromatic rings. The first-order valence-electron chi connectivity index (χ1n) is 6.76. The number of imidazole rings is 1. The lowest BCUT2D eigenvalue weighted by Gasteiger charge is -2.10. The molecule has 0 saturated heterocycles. The lowest BCUT2D eigenvalue weighted by Crippen LogP contribution is -2.05. The normalized spacial score (nSPS) is 14.9. The number of nitrogens with zero attached hydrogens (tertiary/aromatic N) is 4. The zero-order valence-corrected chi connectivity index (χ0v) is 12.0. The van der Waals surface area contributed by atoms with Crippen molar-refractivity contribution in [3.63, 3.8) is 0 Å². The highest BCUT2D eigenvalue weighted by Crippen LogP contribution is 2.39. The lowest BCUT2D eigenvalue weighted by molar-refractivity contribution is 0.682. The molecule has 0 spiro atoms. The van der Waals surface area contributed by atoms with Crippen LogP contribution in [-0.4, -0.2) is 19.5 Å². The molecule has 0 N–H and O–H groups in total. The summed E-state index contributed by atoms with van der Waals surface area (Å²) >= 11 is 6.25. The second kappa shape index (κ2) is 4.93. The summed E-state index contributed by atoms with van der Waals surface area (Å²) in [6.07, 6.45) is 7.21. The summed E-state index contributed by atoms with van der Waals surface area (Å²) < 4.78 is 2.13. The van der Waals surface area contributed by atoms with Crippen molar-refractivity contribution >= 4 is 11.6 Å². The number of rotatable bonds is 4. The molecule has 19 heavy (non-hydrogen) atoms. The van der Waals surface area contributed by atoms with Crippen molar-refractivity contribution in [2.75, 3.05) is 0 Å². The molecule has 1 aliphatic rings. The fourth-order valence-electron chi connectivity index (χ4n) is 2.20. The Morgan fingerprint density at radius 2 is 2.16 bits per heavy atom. The van der Waals surface area contributed by atoms with Crippen LogP contribution in [0.2, 0.25) is 5.15 Å². The summed E-state index contributed by atoms with van der Waals surface area (Å²) in [6.45, 7) is 5.05. The smallest absolute Gasteiger partial charge is 0.159 e. The van der Waals surface area contributed by atoms with Crippen LogP contribution in [0.15, 0.2) is 12.4 Å². The molecule has 0 unspecified atom stereocenters. The van der Waals surface area contributed by atoms with Crippen LogP contribution in [0.5, 0.6) is 0 Å². The largest absolute Gasteiger partial charge is 0.330 e. The molecule has 0 radical (unpaired) electrons. The van der Waals surface area contributed by atoms with Crippen molar-refractivity contribution in [1.29, 1.82) is 0 Å². The van der Waals surface area contributed by atoms with E-state index in [2.05, 4.69) is 21.5 Å². The van der Waals surface area contributed by atoms with Gasteiger partial charge in [-0.2, -0.15) is 0 Å². The van der Waals surface area contributed by atoms with Gasteiger partial charge in [-0.15, -0.1) is 0 Å². The SMILES string of the molecule is CCCn1ccnc1-c1nc(C2CC2)nc(Cl)c1C. The number of aromatic nitrogens is 4. The van der Waals surface area contributed by atoms with Crippen LogP contribution in [0.4, 0.5) is 0 Å². The maximum atomic E-state index is 6.25. The average molecular weight is 277 g/mol. The minimum atomic E-state index is 0.492. The van der Waals surface area contributed by atoms with Crippen molar-refractivity contribution in [2.45, 2.75) is 45.6 Å². The van der Waals surface area contributed by atoms with E-state index in [1.165, 1.54) is 12.8 Å². The molecular weight excluding hydrogens is 260 g/mol. The minimum Gasteiger partial charge on any atom is -0.330 e. The molecule has 2 aromatic heterocycles. The first-order valence-corrected chi connectivity index (χ1v) is 7.14. The summed E-state index contributed by atoms with van der Waals surface area (Å²) in [5, 5.41) is 0.554. The highest BCUT2D eigenvalue weighted by molar-refractivity contribution is 6.30. The van der Waals surface area contributed by atoms with Crippen LogP contribution < -0.4 is 0 Å². The molecule has 1 saturated carbocycles. The Labute approximate surface area is 117 Å².